The highest BCUT2D eigenvalue weighted by Crippen LogP contribution is 2.22. The molecule has 2 N–H and O–H groups in total. The van der Waals surface area contributed by atoms with Gasteiger partial charge in [-0.15, -0.1) is 0 Å². The summed E-state index contributed by atoms with van der Waals surface area (Å²) in [5, 5.41) is 3.55. The van der Waals surface area contributed by atoms with Crippen LogP contribution in [-0.4, -0.2) is 36.7 Å². The van der Waals surface area contributed by atoms with Gasteiger partial charge in [-0.25, -0.2) is 18.1 Å². The topological polar surface area (TPSA) is 93.1 Å². The third-order valence-corrected chi connectivity index (χ3v) is 6.66. The second-order valence-electron chi connectivity index (χ2n) is 6.29. The third kappa shape index (κ3) is 5.26. The quantitative estimate of drug-likeness (QED) is 0.536. The van der Waals surface area contributed by atoms with Gasteiger partial charge in [0.25, 0.3) is 0 Å². The summed E-state index contributed by atoms with van der Waals surface area (Å²) in [5.41, 5.74) is 2.85. The van der Waals surface area contributed by atoms with Crippen molar-refractivity contribution in [1.29, 1.82) is 0 Å². The molecule has 0 radical (unpaired) electrons. The largest absolute Gasteiger partial charge is 0.351 e. The van der Waals surface area contributed by atoms with Crippen LogP contribution in [0.25, 0.3) is 5.69 Å². The second-order valence-corrected chi connectivity index (χ2v) is 9.12. The van der Waals surface area contributed by atoms with Gasteiger partial charge in [-0.05, 0) is 43.3 Å². The van der Waals surface area contributed by atoms with E-state index in [4.69, 9.17) is 0 Å². The maximum Gasteiger partial charge on any atom is 0.240 e. The molecule has 3 rings (SSSR count). The van der Waals surface area contributed by atoms with Crippen LogP contribution in [0.5, 0.6) is 0 Å². The Bertz CT molecular complexity index is 1110. The van der Waals surface area contributed by atoms with Crippen molar-refractivity contribution in [2.45, 2.75) is 23.5 Å². The first kappa shape index (κ1) is 21.1. The number of rotatable bonds is 8. The lowest BCUT2D eigenvalue weighted by atomic mass is 10.2. The van der Waals surface area contributed by atoms with E-state index in [-0.39, 0.29) is 23.1 Å². The highest BCUT2D eigenvalue weighted by atomic mass is 32.2. The highest BCUT2D eigenvalue weighted by Gasteiger charge is 2.13. The van der Waals surface area contributed by atoms with Crippen LogP contribution in [0.4, 0.5) is 0 Å². The molecule has 1 aromatic heterocycles. The van der Waals surface area contributed by atoms with Crippen LogP contribution in [0.15, 0.2) is 71.0 Å². The summed E-state index contributed by atoms with van der Waals surface area (Å²) < 4.78 is 28.0. The molecule has 0 aliphatic heterocycles. The van der Waals surface area contributed by atoms with Crippen LogP contribution < -0.4 is 10.0 Å². The van der Waals surface area contributed by atoms with E-state index < -0.39 is 10.0 Å². The van der Waals surface area contributed by atoms with E-state index in [1.807, 2.05) is 42.0 Å². The Balaban J connectivity index is 1.59. The van der Waals surface area contributed by atoms with Crippen LogP contribution in [0.3, 0.4) is 0 Å². The smallest absolute Gasteiger partial charge is 0.240 e. The van der Waals surface area contributed by atoms with Crippen LogP contribution in [0.2, 0.25) is 0 Å². The number of amides is 1. The zero-order valence-electron chi connectivity index (χ0n) is 16.1. The molecule has 29 heavy (non-hydrogen) atoms. The van der Waals surface area contributed by atoms with Crippen molar-refractivity contribution >= 4 is 27.7 Å². The Morgan fingerprint density at radius 1 is 1.17 bits per heavy atom. The summed E-state index contributed by atoms with van der Waals surface area (Å²) in [6, 6.07) is 14.5. The first-order chi connectivity index (χ1) is 13.9. The van der Waals surface area contributed by atoms with Gasteiger partial charge >= 0.3 is 0 Å². The van der Waals surface area contributed by atoms with Crippen LogP contribution in [-0.2, 0) is 21.4 Å². The number of aryl methyl sites for hydroxylation is 1. The van der Waals surface area contributed by atoms with Crippen molar-refractivity contribution in [3.8, 4) is 5.69 Å². The summed E-state index contributed by atoms with van der Waals surface area (Å²) in [6.07, 6.45) is 3.58. The molecule has 0 bridgehead atoms. The zero-order valence-corrected chi connectivity index (χ0v) is 17.8. The molecule has 2 aromatic carbocycles. The van der Waals surface area contributed by atoms with E-state index >= 15 is 0 Å². The Hall–Kier alpha value is -2.62. The number of aromatic nitrogens is 2. The molecule has 0 aliphatic rings. The fraction of sp³-hybridized carbons (Fsp3) is 0.200. The average molecular weight is 431 g/mol. The lowest BCUT2D eigenvalue weighted by Gasteiger charge is -2.10. The fourth-order valence-electron chi connectivity index (χ4n) is 2.74. The molecule has 152 valence electrons. The molecule has 0 saturated heterocycles. The number of nitrogens with one attached hydrogen (secondary N) is 2. The number of sulfonamides is 1. The Morgan fingerprint density at radius 2 is 1.97 bits per heavy atom. The summed E-state index contributed by atoms with van der Waals surface area (Å²) in [5.74, 6) is 0.0495. The molecule has 9 heteroatoms. The molecule has 0 fully saturated rings. The van der Waals surface area contributed by atoms with Gasteiger partial charge in [-0.1, -0.05) is 42.1 Å². The summed E-state index contributed by atoms with van der Waals surface area (Å²) in [4.78, 5) is 16.8. The number of hydrogen-bond acceptors (Lipinski definition) is 5. The van der Waals surface area contributed by atoms with Crippen molar-refractivity contribution in [1.82, 2.24) is 19.6 Å². The molecule has 0 aliphatic carbocycles. The average Bonchev–Trinajstić information content (AvgIpc) is 3.19. The zero-order chi connectivity index (χ0) is 20.9. The number of thioether (sulfide) groups is 1. The monoisotopic (exact) mass is 430 g/mol. The predicted octanol–water partition coefficient (Wildman–Crippen LogP) is 2.50. The minimum absolute atomic E-state index is 0.156. The van der Waals surface area contributed by atoms with Gasteiger partial charge < -0.3 is 5.32 Å². The van der Waals surface area contributed by atoms with Gasteiger partial charge in [0.2, 0.25) is 15.9 Å². The maximum absolute atomic E-state index is 12.3. The van der Waals surface area contributed by atoms with Crippen molar-refractivity contribution in [2.75, 3.05) is 12.8 Å². The van der Waals surface area contributed by atoms with E-state index in [0.29, 0.717) is 5.56 Å². The molecular weight excluding hydrogens is 408 g/mol. The summed E-state index contributed by atoms with van der Waals surface area (Å²) in [6.45, 7) is 2.28. The number of carbonyl (C=O) groups excluding carboxylic acids is 1. The van der Waals surface area contributed by atoms with Gasteiger partial charge in [0.15, 0.2) is 5.16 Å². The van der Waals surface area contributed by atoms with E-state index in [0.717, 1.165) is 16.4 Å². The van der Waals surface area contributed by atoms with Crippen molar-refractivity contribution in [2.24, 2.45) is 0 Å². The number of benzene rings is 2. The highest BCUT2D eigenvalue weighted by molar-refractivity contribution is 7.99. The standard InChI is InChI=1S/C20H22N4O3S2/c1-15-6-3-4-9-18(15)24-11-10-22-20(24)28-14-19(25)23-13-16-7-5-8-17(12-16)29(26,27)21-2/h3-12,21H,13-14H2,1-2H3,(H,23,25). The number of nitrogens with zero attached hydrogens (tertiary/aromatic N) is 2. The van der Waals surface area contributed by atoms with Crippen LogP contribution >= 0.6 is 11.8 Å². The van der Waals surface area contributed by atoms with Gasteiger partial charge in [0, 0.05) is 18.9 Å². The minimum Gasteiger partial charge on any atom is -0.351 e. The molecule has 0 unspecified atom stereocenters. The van der Waals surface area contributed by atoms with E-state index in [2.05, 4.69) is 15.0 Å². The number of carbonyl (C=O) groups is 1. The lowest BCUT2D eigenvalue weighted by Crippen LogP contribution is -2.25. The molecule has 1 heterocycles. The predicted molar refractivity (Wildman–Crippen MR) is 114 cm³/mol. The molecular formula is C20H22N4O3S2. The molecule has 7 nitrogen and oxygen atoms in total. The van der Waals surface area contributed by atoms with Crippen molar-refractivity contribution < 1.29 is 13.2 Å². The van der Waals surface area contributed by atoms with Gasteiger partial charge in [-0.2, -0.15) is 0 Å². The van der Waals surface area contributed by atoms with Crippen molar-refractivity contribution in [3.05, 3.63) is 72.1 Å². The minimum atomic E-state index is -3.51. The number of para-hydroxylation sites is 1. The fourth-order valence-corrected chi connectivity index (χ4v) is 4.33. The van der Waals surface area contributed by atoms with Crippen molar-refractivity contribution in [3.63, 3.8) is 0 Å². The number of hydrogen-bond donors (Lipinski definition) is 2. The Morgan fingerprint density at radius 3 is 2.72 bits per heavy atom. The van der Waals surface area contributed by atoms with E-state index in [1.165, 1.54) is 24.9 Å². The first-order valence-electron chi connectivity index (χ1n) is 8.92. The lowest BCUT2D eigenvalue weighted by molar-refractivity contribution is -0.118. The number of imidazole rings is 1. The maximum atomic E-state index is 12.3. The summed E-state index contributed by atoms with van der Waals surface area (Å²) in [7, 11) is -2.15. The Labute approximate surface area is 174 Å². The van der Waals surface area contributed by atoms with Crippen LogP contribution in [0, 0.1) is 6.92 Å². The normalized spacial score (nSPS) is 11.4. The van der Waals surface area contributed by atoms with Gasteiger partial charge in [-0.3, -0.25) is 9.36 Å². The molecule has 0 saturated carbocycles. The Kier molecular flexibility index (Phi) is 6.73. The van der Waals surface area contributed by atoms with Gasteiger partial charge in [0.1, 0.15) is 0 Å². The SMILES string of the molecule is CNS(=O)(=O)c1cccc(CNC(=O)CSc2nccn2-c2ccccc2C)c1. The molecule has 0 atom stereocenters. The van der Waals surface area contributed by atoms with Gasteiger partial charge in [0.05, 0.1) is 16.3 Å². The van der Waals surface area contributed by atoms with E-state index in [9.17, 15) is 13.2 Å². The van der Waals surface area contributed by atoms with Crippen LogP contribution in [0.1, 0.15) is 11.1 Å². The third-order valence-electron chi connectivity index (χ3n) is 4.28. The molecule has 1 amide bonds. The molecule has 0 spiro atoms. The van der Waals surface area contributed by atoms with E-state index in [1.54, 1.807) is 24.4 Å². The summed E-state index contributed by atoms with van der Waals surface area (Å²) >= 11 is 1.35. The molecule has 3 aromatic rings. The first-order valence-corrected chi connectivity index (χ1v) is 11.4. The second kappa shape index (κ2) is 9.25.